The second kappa shape index (κ2) is 5.44. The molecule has 0 fully saturated rings. The second-order valence-corrected chi connectivity index (χ2v) is 6.42. The predicted molar refractivity (Wildman–Crippen MR) is 89.1 cm³/mol. The largest absolute Gasteiger partial charge is 0.472 e. The molecule has 3 heterocycles. The van der Waals surface area contributed by atoms with Gasteiger partial charge < -0.3 is 19.0 Å². The van der Waals surface area contributed by atoms with E-state index >= 15 is 0 Å². The lowest BCUT2D eigenvalue weighted by molar-refractivity contribution is -0.135. The highest BCUT2D eigenvalue weighted by Crippen LogP contribution is 2.44. The molecule has 1 atom stereocenters. The first-order valence-corrected chi connectivity index (χ1v) is 8.28. The Labute approximate surface area is 148 Å². The second-order valence-electron chi connectivity index (χ2n) is 6.42. The Morgan fingerprint density at radius 3 is 2.85 bits per heavy atom. The number of rotatable bonds is 2. The van der Waals surface area contributed by atoms with Gasteiger partial charge in [0, 0.05) is 16.7 Å². The molecule has 130 valence electrons. The van der Waals surface area contributed by atoms with E-state index in [4.69, 9.17) is 13.9 Å². The lowest BCUT2D eigenvalue weighted by atomic mass is 9.85. The Kier molecular flexibility index (Phi) is 3.17. The molecule has 5 rings (SSSR count). The fourth-order valence-electron chi connectivity index (χ4n) is 3.94. The van der Waals surface area contributed by atoms with E-state index in [1.54, 1.807) is 18.2 Å². The van der Waals surface area contributed by atoms with Crippen molar-refractivity contribution in [1.82, 2.24) is 0 Å². The average Bonchev–Trinajstić information content (AvgIpc) is 3.32. The van der Waals surface area contributed by atoms with E-state index in [2.05, 4.69) is 0 Å². The molecule has 2 aliphatic heterocycles. The van der Waals surface area contributed by atoms with Crippen molar-refractivity contribution in [1.29, 1.82) is 0 Å². The number of carbonyl (C=O) groups is 2. The molecule has 0 spiro atoms. The van der Waals surface area contributed by atoms with Crippen LogP contribution < -0.4 is 0 Å². The standard InChI is InChI=1S/C20H14O6/c21-7-15-11-2-1-3-12-16(9-25-19(12)22)13(11)6-14-17(15)18(26-20(14)23)10-4-5-24-8-10/h1,3-6,8,18,21H,2,7,9H2/t18-/m0/s1. The number of hydrogen-bond acceptors (Lipinski definition) is 6. The van der Waals surface area contributed by atoms with Crippen molar-refractivity contribution in [2.45, 2.75) is 19.1 Å². The number of fused-ring (bicyclic) bond motifs is 3. The maximum Gasteiger partial charge on any atom is 0.339 e. The fourth-order valence-corrected chi connectivity index (χ4v) is 3.94. The maximum absolute atomic E-state index is 12.5. The van der Waals surface area contributed by atoms with E-state index in [1.165, 1.54) is 12.5 Å². The first-order chi connectivity index (χ1) is 12.7. The average molecular weight is 350 g/mol. The van der Waals surface area contributed by atoms with Gasteiger partial charge in [-0.25, -0.2) is 9.59 Å². The van der Waals surface area contributed by atoms with E-state index in [-0.39, 0.29) is 19.2 Å². The van der Waals surface area contributed by atoms with Gasteiger partial charge in [-0.3, -0.25) is 0 Å². The van der Waals surface area contributed by atoms with Crippen molar-refractivity contribution in [3.8, 4) is 0 Å². The summed E-state index contributed by atoms with van der Waals surface area (Å²) in [7, 11) is 0. The molecule has 1 aliphatic carbocycles. The van der Waals surface area contributed by atoms with Gasteiger partial charge in [0.1, 0.15) is 6.61 Å². The number of benzene rings is 1. The SMILES string of the molecule is O=C1OCC2=C1C=CCc1c2cc2c(c1CO)[C@H](c1ccoc1)OC2=O. The van der Waals surface area contributed by atoms with Gasteiger partial charge in [-0.05, 0) is 35.2 Å². The Hall–Kier alpha value is -3.12. The van der Waals surface area contributed by atoms with Crippen LogP contribution in [0, 0.1) is 0 Å². The molecule has 6 heteroatoms. The zero-order chi connectivity index (χ0) is 17.8. The van der Waals surface area contributed by atoms with E-state index in [1.807, 2.05) is 6.08 Å². The van der Waals surface area contributed by atoms with Crippen molar-refractivity contribution in [3.05, 3.63) is 75.8 Å². The summed E-state index contributed by atoms with van der Waals surface area (Å²) in [5, 5.41) is 10.1. The summed E-state index contributed by atoms with van der Waals surface area (Å²) >= 11 is 0. The first kappa shape index (κ1) is 15.2. The van der Waals surface area contributed by atoms with Crippen LogP contribution in [0.2, 0.25) is 0 Å². The summed E-state index contributed by atoms with van der Waals surface area (Å²) in [6, 6.07) is 3.50. The van der Waals surface area contributed by atoms with Gasteiger partial charge in [-0.2, -0.15) is 0 Å². The Bertz CT molecular complexity index is 1010. The highest BCUT2D eigenvalue weighted by molar-refractivity contribution is 6.06. The van der Waals surface area contributed by atoms with Crippen LogP contribution in [0.4, 0.5) is 0 Å². The molecule has 0 radical (unpaired) electrons. The number of esters is 2. The topological polar surface area (TPSA) is 86.0 Å². The number of allylic oxidation sites excluding steroid dienone is 1. The van der Waals surface area contributed by atoms with Crippen LogP contribution in [0.1, 0.15) is 44.3 Å². The number of hydrogen-bond donors (Lipinski definition) is 1. The maximum atomic E-state index is 12.5. The number of aliphatic hydroxyl groups excluding tert-OH is 1. The molecule has 1 aromatic carbocycles. The molecule has 2 aromatic rings. The van der Waals surface area contributed by atoms with Crippen LogP contribution in [0.3, 0.4) is 0 Å². The molecule has 1 N–H and O–H groups in total. The summed E-state index contributed by atoms with van der Waals surface area (Å²) in [5.74, 6) is -0.817. The number of aliphatic hydroxyl groups is 1. The quantitative estimate of drug-likeness (QED) is 0.838. The predicted octanol–water partition coefficient (Wildman–Crippen LogP) is 2.45. The molecule has 26 heavy (non-hydrogen) atoms. The monoisotopic (exact) mass is 350 g/mol. The van der Waals surface area contributed by atoms with Crippen LogP contribution in [0.15, 0.2) is 46.8 Å². The zero-order valence-electron chi connectivity index (χ0n) is 13.7. The third kappa shape index (κ3) is 1.96. The summed E-state index contributed by atoms with van der Waals surface area (Å²) < 4.78 is 15.8. The van der Waals surface area contributed by atoms with Gasteiger partial charge in [0.25, 0.3) is 0 Å². The van der Waals surface area contributed by atoms with E-state index < -0.39 is 12.1 Å². The van der Waals surface area contributed by atoms with Gasteiger partial charge in [0.2, 0.25) is 0 Å². The summed E-state index contributed by atoms with van der Waals surface area (Å²) in [4.78, 5) is 24.5. The third-order valence-electron chi connectivity index (χ3n) is 5.13. The molecular weight excluding hydrogens is 336 g/mol. The minimum atomic E-state index is -0.606. The van der Waals surface area contributed by atoms with Gasteiger partial charge in [-0.1, -0.05) is 12.2 Å². The molecule has 0 bridgehead atoms. The minimum absolute atomic E-state index is 0.162. The van der Waals surface area contributed by atoms with Crippen molar-refractivity contribution < 1.29 is 28.6 Å². The highest BCUT2D eigenvalue weighted by atomic mass is 16.6. The normalized spacial score (nSPS) is 20.4. The van der Waals surface area contributed by atoms with Crippen LogP contribution in [0.25, 0.3) is 5.57 Å². The van der Waals surface area contributed by atoms with Gasteiger partial charge in [0.15, 0.2) is 6.10 Å². The molecule has 0 unspecified atom stereocenters. The van der Waals surface area contributed by atoms with Crippen molar-refractivity contribution in [2.24, 2.45) is 0 Å². The molecular formula is C20H14O6. The lowest BCUT2D eigenvalue weighted by Gasteiger charge is -2.18. The van der Waals surface area contributed by atoms with E-state index in [9.17, 15) is 14.7 Å². The lowest BCUT2D eigenvalue weighted by Crippen LogP contribution is -2.08. The highest BCUT2D eigenvalue weighted by Gasteiger charge is 2.38. The number of ether oxygens (including phenoxy) is 2. The van der Waals surface area contributed by atoms with E-state index in [0.29, 0.717) is 28.7 Å². The molecule has 6 nitrogen and oxygen atoms in total. The fraction of sp³-hybridized carbons (Fsp3) is 0.200. The Morgan fingerprint density at radius 1 is 1.19 bits per heavy atom. The van der Waals surface area contributed by atoms with Gasteiger partial charge >= 0.3 is 11.9 Å². The van der Waals surface area contributed by atoms with Gasteiger partial charge in [-0.15, -0.1) is 0 Å². The molecule has 0 saturated carbocycles. The smallest absolute Gasteiger partial charge is 0.339 e. The number of carbonyl (C=O) groups excluding carboxylic acids is 2. The Balaban J connectivity index is 1.78. The number of furan rings is 1. The van der Waals surface area contributed by atoms with Crippen molar-refractivity contribution in [2.75, 3.05) is 6.61 Å². The first-order valence-electron chi connectivity index (χ1n) is 8.28. The van der Waals surface area contributed by atoms with Crippen LogP contribution in [0.5, 0.6) is 0 Å². The summed E-state index contributed by atoms with van der Waals surface area (Å²) in [6.45, 7) is -0.0723. The molecule has 3 aliphatic rings. The summed E-state index contributed by atoms with van der Waals surface area (Å²) in [6.07, 6.45) is 6.62. The van der Waals surface area contributed by atoms with Crippen LogP contribution >= 0.6 is 0 Å². The third-order valence-corrected chi connectivity index (χ3v) is 5.13. The number of cyclic esters (lactones) is 2. The van der Waals surface area contributed by atoms with Crippen LogP contribution in [-0.2, 0) is 27.3 Å². The minimum Gasteiger partial charge on any atom is -0.472 e. The van der Waals surface area contributed by atoms with Gasteiger partial charge in [0.05, 0.1) is 30.3 Å². The molecule has 0 amide bonds. The Morgan fingerprint density at radius 2 is 2.08 bits per heavy atom. The van der Waals surface area contributed by atoms with Crippen LogP contribution in [-0.4, -0.2) is 23.7 Å². The van der Waals surface area contributed by atoms with Crippen molar-refractivity contribution >= 4 is 17.5 Å². The molecule has 1 aromatic heterocycles. The van der Waals surface area contributed by atoms with E-state index in [0.717, 1.165) is 22.3 Å². The zero-order valence-corrected chi connectivity index (χ0v) is 13.7. The van der Waals surface area contributed by atoms with Crippen molar-refractivity contribution in [3.63, 3.8) is 0 Å². The summed E-state index contributed by atoms with van der Waals surface area (Å²) in [5.41, 5.74) is 5.36. The molecule has 0 saturated heterocycles.